The molecule has 1 aliphatic carbocycles. The third-order valence-electron chi connectivity index (χ3n) is 4.83. The van der Waals surface area contributed by atoms with Crippen molar-refractivity contribution in [3.63, 3.8) is 0 Å². The Kier molecular flexibility index (Phi) is 6.27. The predicted molar refractivity (Wildman–Crippen MR) is 81.9 cm³/mol. The molecule has 0 aromatic carbocycles. The van der Waals surface area contributed by atoms with Crippen LogP contribution in [0.25, 0.3) is 0 Å². The SMILES string of the molecule is CCC(C)(CNC1CC1)CN1CCC(OCCO)CC1. The van der Waals surface area contributed by atoms with Crippen LogP contribution in [0.3, 0.4) is 0 Å². The zero-order valence-electron chi connectivity index (χ0n) is 13.2. The standard InChI is InChI=1S/C16H32N2O2/c1-3-16(2,12-17-14-4-5-14)13-18-8-6-15(7-9-18)20-11-10-19/h14-15,17,19H,3-13H2,1-2H3. The van der Waals surface area contributed by atoms with E-state index in [1.165, 1.54) is 25.8 Å². The molecular formula is C16H32N2O2. The van der Waals surface area contributed by atoms with Crippen LogP contribution in [0.2, 0.25) is 0 Å². The fourth-order valence-corrected chi connectivity index (χ4v) is 2.96. The number of aliphatic hydroxyl groups excluding tert-OH is 1. The van der Waals surface area contributed by atoms with Gasteiger partial charge in [0.2, 0.25) is 0 Å². The summed E-state index contributed by atoms with van der Waals surface area (Å²) in [5.74, 6) is 0. The van der Waals surface area contributed by atoms with E-state index >= 15 is 0 Å². The first-order valence-corrected chi connectivity index (χ1v) is 8.33. The van der Waals surface area contributed by atoms with Gasteiger partial charge < -0.3 is 20.1 Å². The molecule has 4 nitrogen and oxygen atoms in total. The second kappa shape index (κ2) is 7.74. The van der Waals surface area contributed by atoms with Crippen molar-refractivity contribution in [2.45, 2.75) is 58.1 Å². The van der Waals surface area contributed by atoms with Gasteiger partial charge >= 0.3 is 0 Å². The number of hydrogen-bond donors (Lipinski definition) is 2. The molecule has 1 heterocycles. The summed E-state index contributed by atoms with van der Waals surface area (Å²) in [7, 11) is 0. The summed E-state index contributed by atoms with van der Waals surface area (Å²) in [6.07, 6.45) is 6.54. The van der Waals surface area contributed by atoms with Gasteiger partial charge in [-0.15, -0.1) is 0 Å². The Morgan fingerprint density at radius 2 is 1.95 bits per heavy atom. The second-order valence-electron chi connectivity index (χ2n) is 6.89. The molecule has 0 amide bonds. The maximum atomic E-state index is 8.80. The lowest BCUT2D eigenvalue weighted by Gasteiger charge is -2.39. The van der Waals surface area contributed by atoms with Gasteiger partial charge in [0, 0.05) is 32.2 Å². The molecule has 0 aromatic rings. The zero-order chi connectivity index (χ0) is 14.4. The van der Waals surface area contributed by atoms with Gasteiger partial charge in [-0.2, -0.15) is 0 Å². The smallest absolute Gasteiger partial charge is 0.0701 e. The number of nitrogens with one attached hydrogen (secondary N) is 1. The van der Waals surface area contributed by atoms with Crippen LogP contribution in [0.4, 0.5) is 0 Å². The predicted octanol–water partition coefficient (Wildman–Crippen LogP) is 1.63. The first-order chi connectivity index (χ1) is 9.65. The maximum Gasteiger partial charge on any atom is 0.0701 e. The van der Waals surface area contributed by atoms with E-state index in [0.717, 1.165) is 38.5 Å². The summed E-state index contributed by atoms with van der Waals surface area (Å²) in [5, 5.41) is 12.5. The monoisotopic (exact) mass is 284 g/mol. The van der Waals surface area contributed by atoms with E-state index in [4.69, 9.17) is 9.84 Å². The molecule has 1 atom stereocenters. The van der Waals surface area contributed by atoms with Crippen molar-refractivity contribution < 1.29 is 9.84 Å². The van der Waals surface area contributed by atoms with E-state index in [9.17, 15) is 0 Å². The third kappa shape index (κ3) is 5.32. The minimum atomic E-state index is 0.140. The second-order valence-corrected chi connectivity index (χ2v) is 6.89. The molecule has 118 valence electrons. The molecule has 4 heteroatoms. The van der Waals surface area contributed by atoms with E-state index in [1.54, 1.807) is 0 Å². The van der Waals surface area contributed by atoms with Crippen molar-refractivity contribution in [1.82, 2.24) is 10.2 Å². The summed E-state index contributed by atoms with van der Waals surface area (Å²) in [5.41, 5.74) is 0.390. The van der Waals surface area contributed by atoms with Gasteiger partial charge in [-0.05, 0) is 37.5 Å². The quantitative estimate of drug-likeness (QED) is 0.675. The van der Waals surface area contributed by atoms with Gasteiger partial charge in [-0.25, -0.2) is 0 Å². The molecule has 0 radical (unpaired) electrons. The van der Waals surface area contributed by atoms with Crippen LogP contribution in [0.15, 0.2) is 0 Å². The van der Waals surface area contributed by atoms with Crippen molar-refractivity contribution in [1.29, 1.82) is 0 Å². The highest BCUT2D eigenvalue weighted by molar-refractivity contribution is 4.87. The Bertz CT molecular complexity index is 276. The first-order valence-electron chi connectivity index (χ1n) is 8.33. The number of hydrogen-bond acceptors (Lipinski definition) is 4. The number of aliphatic hydroxyl groups is 1. The van der Waals surface area contributed by atoms with Crippen molar-refractivity contribution in [2.24, 2.45) is 5.41 Å². The Labute approximate surface area is 123 Å². The molecule has 1 saturated carbocycles. The average molecular weight is 284 g/mol. The molecule has 2 aliphatic rings. The number of likely N-dealkylation sites (tertiary alicyclic amines) is 1. The summed E-state index contributed by atoms with van der Waals surface area (Å²) in [6, 6.07) is 0.804. The highest BCUT2D eigenvalue weighted by Gasteiger charge is 2.30. The van der Waals surface area contributed by atoms with Crippen molar-refractivity contribution in [3.05, 3.63) is 0 Å². The molecule has 2 rings (SSSR count). The lowest BCUT2D eigenvalue weighted by atomic mass is 9.86. The largest absolute Gasteiger partial charge is 0.394 e. The van der Waals surface area contributed by atoms with Crippen LogP contribution in [0, 0.1) is 5.41 Å². The molecule has 0 bridgehead atoms. The van der Waals surface area contributed by atoms with Gasteiger partial charge in [-0.1, -0.05) is 13.8 Å². The van der Waals surface area contributed by atoms with Crippen LogP contribution in [0.5, 0.6) is 0 Å². The van der Waals surface area contributed by atoms with E-state index in [2.05, 4.69) is 24.1 Å². The van der Waals surface area contributed by atoms with Crippen LogP contribution >= 0.6 is 0 Å². The molecule has 2 fully saturated rings. The summed E-state index contributed by atoms with van der Waals surface area (Å²) in [6.45, 7) is 9.96. The fraction of sp³-hybridized carbons (Fsp3) is 1.00. The minimum Gasteiger partial charge on any atom is -0.394 e. The van der Waals surface area contributed by atoms with Gasteiger partial charge in [0.15, 0.2) is 0 Å². The van der Waals surface area contributed by atoms with E-state index in [0.29, 0.717) is 18.1 Å². The van der Waals surface area contributed by atoms with Gasteiger partial charge in [-0.3, -0.25) is 0 Å². The Balaban J connectivity index is 1.68. The van der Waals surface area contributed by atoms with Crippen molar-refractivity contribution >= 4 is 0 Å². The number of ether oxygens (including phenoxy) is 1. The highest BCUT2D eigenvalue weighted by atomic mass is 16.5. The molecule has 0 aromatic heterocycles. The lowest BCUT2D eigenvalue weighted by Crippen LogP contribution is -2.46. The first kappa shape index (κ1) is 16.2. The number of rotatable bonds is 9. The molecule has 0 spiro atoms. The normalized spacial score (nSPS) is 24.8. The Morgan fingerprint density at radius 1 is 1.25 bits per heavy atom. The van der Waals surface area contributed by atoms with Gasteiger partial charge in [0.05, 0.1) is 19.3 Å². The molecule has 1 aliphatic heterocycles. The molecule has 1 unspecified atom stereocenters. The number of piperidine rings is 1. The molecule has 1 saturated heterocycles. The summed E-state index contributed by atoms with van der Waals surface area (Å²) >= 11 is 0. The van der Waals surface area contributed by atoms with E-state index < -0.39 is 0 Å². The Morgan fingerprint density at radius 3 is 2.50 bits per heavy atom. The zero-order valence-corrected chi connectivity index (χ0v) is 13.2. The molecular weight excluding hydrogens is 252 g/mol. The molecule has 20 heavy (non-hydrogen) atoms. The third-order valence-corrected chi connectivity index (χ3v) is 4.83. The fourth-order valence-electron chi connectivity index (χ4n) is 2.96. The van der Waals surface area contributed by atoms with Crippen LogP contribution in [-0.2, 0) is 4.74 Å². The van der Waals surface area contributed by atoms with Gasteiger partial charge in [0.1, 0.15) is 0 Å². The van der Waals surface area contributed by atoms with Crippen LogP contribution in [-0.4, -0.2) is 61.5 Å². The molecule has 2 N–H and O–H groups in total. The van der Waals surface area contributed by atoms with Crippen molar-refractivity contribution in [3.8, 4) is 0 Å². The van der Waals surface area contributed by atoms with Crippen molar-refractivity contribution in [2.75, 3.05) is 39.4 Å². The van der Waals surface area contributed by atoms with Gasteiger partial charge in [0.25, 0.3) is 0 Å². The van der Waals surface area contributed by atoms with Crippen LogP contribution in [0.1, 0.15) is 46.0 Å². The summed E-state index contributed by atoms with van der Waals surface area (Å²) < 4.78 is 5.64. The topological polar surface area (TPSA) is 44.7 Å². The highest BCUT2D eigenvalue weighted by Crippen LogP contribution is 2.27. The lowest BCUT2D eigenvalue weighted by molar-refractivity contribution is -0.0141. The summed E-state index contributed by atoms with van der Waals surface area (Å²) in [4.78, 5) is 2.59. The Hall–Kier alpha value is -0.160. The van der Waals surface area contributed by atoms with E-state index in [-0.39, 0.29) is 6.61 Å². The number of nitrogens with zero attached hydrogens (tertiary/aromatic N) is 1. The average Bonchev–Trinajstić information content (AvgIpc) is 3.29. The van der Waals surface area contributed by atoms with Crippen LogP contribution < -0.4 is 5.32 Å². The maximum absolute atomic E-state index is 8.80. The van der Waals surface area contributed by atoms with E-state index in [1.807, 2.05) is 0 Å². The minimum absolute atomic E-state index is 0.140.